The number of benzene rings is 1. The van der Waals surface area contributed by atoms with Crippen molar-refractivity contribution in [2.45, 2.75) is 59.9 Å². The summed E-state index contributed by atoms with van der Waals surface area (Å²) < 4.78 is 0. The number of carbonyl (C=O) groups is 1. The van der Waals surface area contributed by atoms with Crippen LogP contribution in [0.2, 0.25) is 0 Å². The van der Waals surface area contributed by atoms with E-state index in [0.29, 0.717) is 6.42 Å². The number of aryl methyl sites for hydroxylation is 2. The Morgan fingerprint density at radius 3 is 2.17 bits per heavy atom. The highest BCUT2D eigenvalue weighted by atomic mass is 16.2. The van der Waals surface area contributed by atoms with Crippen LogP contribution in [0.1, 0.15) is 51.2 Å². The number of amides is 1. The molecule has 0 spiro atoms. The molecule has 0 aliphatic rings. The molecule has 0 aliphatic carbocycles. The lowest BCUT2D eigenvalue weighted by molar-refractivity contribution is -0.119. The number of hydrogen-bond acceptors (Lipinski definition) is 1. The SMILES string of the molecule is CCCC(=O)N(c1cc(C)cc(C)c1)C(C)CC. The van der Waals surface area contributed by atoms with E-state index in [2.05, 4.69) is 45.9 Å². The monoisotopic (exact) mass is 247 g/mol. The molecule has 0 heterocycles. The van der Waals surface area contributed by atoms with E-state index in [0.717, 1.165) is 18.5 Å². The fraction of sp³-hybridized carbons (Fsp3) is 0.562. The third kappa shape index (κ3) is 3.59. The van der Waals surface area contributed by atoms with Crippen molar-refractivity contribution in [3.63, 3.8) is 0 Å². The maximum absolute atomic E-state index is 12.3. The average molecular weight is 247 g/mol. The summed E-state index contributed by atoms with van der Waals surface area (Å²) in [6.45, 7) is 10.4. The van der Waals surface area contributed by atoms with E-state index >= 15 is 0 Å². The molecular formula is C16H25NO. The van der Waals surface area contributed by atoms with E-state index < -0.39 is 0 Å². The first kappa shape index (κ1) is 14.7. The normalized spacial score (nSPS) is 12.3. The Morgan fingerprint density at radius 2 is 1.72 bits per heavy atom. The quantitative estimate of drug-likeness (QED) is 0.762. The van der Waals surface area contributed by atoms with Gasteiger partial charge in [-0.25, -0.2) is 0 Å². The van der Waals surface area contributed by atoms with Crippen LogP contribution < -0.4 is 4.90 Å². The fourth-order valence-corrected chi connectivity index (χ4v) is 2.25. The molecule has 0 N–H and O–H groups in total. The molecule has 0 saturated carbocycles. The van der Waals surface area contributed by atoms with Crippen LogP contribution in [-0.2, 0) is 4.79 Å². The van der Waals surface area contributed by atoms with Gasteiger partial charge in [0.1, 0.15) is 0 Å². The van der Waals surface area contributed by atoms with Crippen molar-refractivity contribution in [1.82, 2.24) is 0 Å². The first-order chi connectivity index (χ1) is 8.49. The van der Waals surface area contributed by atoms with Crippen LogP contribution in [0.4, 0.5) is 5.69 Å². The molecule has 1 amide bonds. The topological polar surface area (TPSA) is 20.3 Å². The smallest absolute Gasteiger partial charge is 0.227 e. The molecule has 100 valence electrons. The summed E-state index contributed by atoms with van der Waals surface area (Å²) in [4.78, 5) is 14.3. The zero-order valence-electron chi connectivity index (χ0n) is 12.3. The highest BCUT2D eigenvalue weighted by molar-refractivity contribution is 5.94. The fourth-order valence-electron chi connectivity index (χ4n) is 2.25. The van der Waals surface area contributed by atoms with Gasteiger partial charge >= 0.3 is 0 Å². The summed E-state index contributed by atoms with van der Waals surface area (Å²) in [5, 5.41) is 0. The van der Waals surface area contributed by atoms with Crippen molar-refractivity contribution in [2.24, 2.45) is 0 Å². The molecule has 1 unspecified atom stereocenters. The van der Waals surface area contributed by atoms with Gasteiger partial charge in [0, 0.05) is 18.2 Å². The van der Waals surface area contributed by atoms with Crippen molar-refractivity contribution < 1.29 is 4.79 Å². The molecule has 0 aliphatic heterocycles. The van der Waals surface area contributed by atoms with Gasteiger partial charge in [-0.1, -0.05) is 19.9 Å². The van der Waals surface area contributed by atoms with Gasteiger partial charge in [-0.3, -0.25) is 4.79 Å². The third-order valence-corrected chi connectivity index (χ3v) is 3.25. The lowest BCUT2D eigenvalue weighted by atomic mass is 10.1. The van der Waals surface area contributed by atoms with Crippen LogP contribution in [0.15, 0.2) is 18.2 Å². The van der Waals surface area contributed by atoms with E-state index in [1.165, 1.54) is 11.1 Å². The second-order valence-corrected chi connectivity index (χ2v) is 5.12. The van der Waals surface area contributed by atoms with E-state index in [1.807, 2.05) is 11.8 Å². The first-order valence-corrected chi connectivity index (χ1v) is 6.89. The van der Waals surface area contributed by atoms with Crippen molar-refractivity contribution in [3.8, 4) is 0 Å². The zero-order valence-corrected chi connectivity index (χ0v) is 12.3. The summed E-state index contributed by atoms with van der Waals surface area (Å²) in [7, 11) is 0. The summed E-state index contributed by atoms with van der Waals surface area (Å²) >= 11 is 0. The van der Waals surface area contributed by atoms with Gasteiger partial charge in [0.2, 0.25) is 5.91 Å². The molecule has 0 aromatic heterocycles. The van der Waals surface area contributed by atoms with Crippen LogP contribution in [0.3, 0.4) is 0 Å². The van der Waals surface area contributed by atoms with Gasteiger partial charge in [-0.05, 0) is 56.9 Å². The molecule has 2 heteroatoms. The Hall–Kier alpha value is -1.31. The van der Waals surface area contributed by atoms with Gasteiger partial charge in [0.05, 0.1) is 0 Å². The average Bonchev–Trinajstić information content (AvgIpc) is 2.28. The van der Waals surface area contributed by atoms with Gasteiger partial charge in [-0.2, -0.15) is 0 Å². The van der Waals surface area contributed by atoms with Crippen LogP contribution in [0, 0.1) is 13.8 Å². The summed E-state index contributed by atoms with van der Waals surface area (Å²) in [5.41, 5.74) is 3.46. The van der Waals surface area contributed by atoms with Crippen molar-refractivity contribution in [2.75, 3.05) is 4.90 Å². The minimum atomic E-state index is 0.233. The van der Waals surface area contributed by atoms with E-state index in [-0.39, 0.29) is 11.9 Å². The number of carbonyl (C=O) groups excluding carboxylic acids is 1. The Morgan fingerprint density at radius 1 is 1.17 bits per heavy atom. The Kier molecular flexibility index (Phi) is 5.39. The van der Waals surface area contributed by atoms with Crippen LogP contribution in [0.25, 0.3) is 0 Å². The molecule has 0 saturated heterocycles. The molecule has 1 aromatic carbocycles. The molecule has 0 fully saturated rings. The standard InChI is InChI=1S/C16H25NO/c1-6-8-16(18)17(14(5)7-2)15-10-12(3)9-13(4)11-15/h9-11,14H,6-8H2,1-5H3. The number of hydrogen-bond donors (Lipinski definition) is 0. The molecule has 1 atom stereocenters. The highest BCUT2D eigenvalue weighted by Crippen LogP contribution is 2.23. The molecule has 0 bridgehead atoms. The predicted molar refractivity (Wildman–Crippen MR) is 78.1 cm³/mol. The minimum absolute atomic E-state index is 0.233. The lowest BCUT2D eigenvalue weighted by Crippen LogP contribution is -2.38. The first-order valence-electron chi connectivity index (χ1n) is 6.89. The van der Waals surface area contributed by atoms with Gasteiger partial charge in [0.25, 0.3) is 0 Å². The summed E-state index contributed by atoms with van der Waals surface area (Å²) in [6.07, 6.45) is 2.50. The summed E-state index contributed by atoms with van der Waals surface area (Å²) in [5.74, 6) is 0.233. The number of nitrogens with zero attached hydrogens (tertiary/aromatic N) is 1. The maximum Gasteiger partial charge on any atom is 0.227 e. The molecule has 1 rings (SSSR count). The minimum Gasteiger partial charge on any atom is -0.310 e. The largest absolute Gasteiger partial charge is 0.310 e. The maximum atomic E-state index is 12.3. The van der Waals surface area contributed by atoms with Gasteiger partial charge in [-0.15, -0.1) is 0 Å². The van der Waals surface area contributed by atoms with Crippen molar-refractivity contribution >= 4 is 11.6 Å². The van der Waals surface area contributed by atoms with E-state index in [9.17, 15) is 4.79 Å². The van der Waals surface area contributed by atoms with E-state index in [1.54, 1.807) is 0 Å². The second-order valence-electron chi connectivity index (χ2n) is 5.12. The Balaban J connectivity index is 3.12. The zero-order chi connectivity index (χ0) is 13.7. The molecule has 1 aromatic rings. The van der Waals surface area contributed by atoms with Crippen LogP contribution >= 0.6 is 0 Å². The lowest BCUT2D eigenvalue weighted by Gasteiger charge is -2.29. The highest BCUT2D eigenvalue weighted by Gasteiger charge is 2.20. The number of rotatable bonds is 5. The van der Waals surface area contributed by atoms with Crippen LogP contribution in [-0.4, -0.2) is 11.9 Å². The third-order valence-electron chi connectivity index (χ3n) is 3.25. The predicted octanol–water partition coefficient (Wildman–Crippen LogP) is 4.24. The molecular weight excluding hydrogens is 222 g/mol. The van der Waals surface area contributed by atoms with Crippen molar-refractivity contribution in [3.05, 3.63) is 29.3 Å². The molecule has 18 heavy (non-hydrogen) atoms. The molecule has 0 radical (unpaired) electrons. The van der Waals surface area contributed by atoms with E-state index in [4.69, 9.17) is 0 Å². The van der Waals surface area contributed by atoms with Crippen LogP contribution in [0.5, 0.6) is 0 Å². The second kappa shape index (κ2) is 6.58. The Labute approximate surface area is 111 Å². The summed E-state index contributed by atoms with van der Waals surface area (Å²) in [6, 6.07) is 6.60. The number of anilines is 1. The van der Waals surface area contributed by atoms with Gasteiger partial charge < -0.3 is 4.90 Å². The Bertz CT molecular complexity index is 391. The van der Waals surface area contributed by atoms with Crippen molar-refractivity contribution in [1.29, 1.82) is 0 Å². The van der Waals surface area contributed by atoms with Gasteiger partial charge in [0.15, 0.2) is 0 Å². The molecule has 2 nitrogen and oxygen atoms in total.